The van der Waals surface area contributed by atoms with E-state index in [0.29, 0.717) is 27.4 Å². The number of rotatable bonds is 0. The second kappa shape index (κ2) is 4.27. The predicted molar refractivity (Wildman–Crippen MR) is 84.0 cm³/mol. The van der Waals surface area contributed by atoms with Crippen molar-refractivity contribution in [2.75, 3.05) is 0 Å². The summed E-state index contributed by atoms with van der Waals surface area (Å²) >= 11 is 6.01. The van der Waals surface area contributed by atoms with Gasteiger partial charge in [-0.25, -0.2) is 14.4 Å². The minimum atomic E-state index is -0.123. The summed E-state index contributed by atoms with van der Waals surface area (Å²) in [6.07, 6.45) is 0. The molecular weight excluding hydrogens is 286 g/mol. The molecule has 0 unspecified atom stereocenters. The zero-order chi connectivity index (χ0) is 14.6. The molecule has 2 aromatic heterocycles. The van der Waals surface area contributed by atoms with Gasteiger partial charge in [0.25, 0.3) is 5.56 Å². The summed E-state index contributed by atoms with van der Waals surface area (Å²) < 4.78 is 1.55. The lowest BCUT2D eigenvalue weighted by Crippen LogP contribution is -2.18. The fourth-order valence-electron chi connectivity index (χ4n) is 2.62. The number of aryl methyl sites for hydroxylation is 1. The number of hydrogen-bond acceptors (Lipinski definition) is 3. The van der Waals surface area contributed by atoms with Crippen LogP contribution in [0.5, 0.6) is 0 Å². The number of aromatic nitrogens is 3. The minimum Gasteiger partial charge on any atom is -0.268 e. The van der Waals surface area contributed by atoms with Crippen LogP contribution in [0.25, 0.3) is 27.5 Å². The van der Waals surface area contributed by atoms with E-state index in [0.717, 1.165) is 10.9 Å². The summed E-state index contributed by atoms with van der Waals surface area (Å²) in [6, 6.07) is 12.8. The Kier molecular flexibility index (Phi) is 2.50. The van der Waals surface area contributed by atoms with Crippen molar-refractivity contribution in [1.82, 2.24) is 14.4 Å². The second-order valence-electron chi connectivity index (χ2n) is 4.91. The Morgan fingerprint density at radius 1 is 1.00 bits per heavy atom. The summed E-state index contributed by atoms with van der Waals surface area (Å²) in [4.78, 5) is 21.8. The van der Waals surface area contributed by atoms with Gasteiger partial charge in [-0.1, -0.05) is 23.7 Å². The standard InChI is InChI=1S/C16H10ClN3O/c1-9-18-13-5-3-2-4-11(13)15-19-14-8-10(17)6-7-12(14)16(21)20(9)15/h2-8H,1H3. The van der Waals surface area contributed by atoms with Crippen molar-refractivity contribution in [3.63, 3.8) is 0 Å². The summed E-state index contributed by atoms with van der Waals surface area (Å²) in [5.41, 5.74) is 1.91. The Labute approximate surface area is 124 Å². The van der Waals surface area contributed by atoms with E-state index in [2.05, 4.69) is 9.97 Å². The van der Waals surface area contributed by atoms with Crippen LogP contribution in [0.2, 0.25) is 5.02 Å². The molecule has 0 bridgehead atoms. The molecule has 0 saturated carbocycles. The van der Waals surface area contributed by atoms with Gasteiger partial charge in [-0.15, -0.1) is 0 Å². The van der Waals surface area contributed by atoms with Crippen LogP contribution >= 0.6 is 11.6 Å². The molecule has 2 aromatic carbocycles. The maximum atomic E-state index is 12.7. The van der Waals surface area contributed by atoms with E-state index in [1.165, 1.54) is 0 Å². The molecule has 21 heavy (non-hydrogen) atoms. The first-order valence-corrected chi connectivity index (χ1v) is 6.90. The number of nitrogens with zero attached hydrogens (tertiary/aromatic N) is 3. The average Bonchev–Trinajstić information content (AvgIpc) is 2.46. The van der Waals surface area contributed by atoms with Crippen LogP contribution in [0.15, 0.2) is 47.3 Å². The Bertz CT molecular complexity index is 1090. The van der Waals surface area contributed by atoms with Crippen molar-refractivity contribution in [1.29, 1.82) is 0 Å². The first-order chi connectivity index (χ1) is 10.1. The quantitative estimate of drug-likeness (QED) is 0.369. The number of para-hydroxylation sites is 1. The smallest absolute Gasteiger partial charge is 0.267 e. The Morgan fingerprint density at radius 2 is 1.81 bits per heavy atom. The molecule has 4 aromatic rings. The van der Waals surface area contributed by atoms with Gasteiger partial charge in [-0.2, -0.15) is 0 Å². The van der Waals surface area contributed by atoms with Gasteiger partial charge in [0, 0.05) is 10.4 Å². The lowest BCUT2D eigenvalue weighted by molar-refractivity contribution is 0.960. The van der Waals surface area contributed by atoms with E-state index >= 15 is 0 Å². The van der Waals surface area contributed by atoms with Crippen LogP contribution < -0.4 is 5.56 Å². The molecule has 0 N–H and O–H groups in total. The van der Waals surface area contributed by atoms with Crippen LogP contribution in [-0.2, 0) is 0 Å². The van der Waals surface area contributed by atoms with Crippen LogP contribution in [0, 0.1) is 6.92 Å². The third kappa shape index (κ3) is 1.73. The Balaban J connectivity index is 2.36. The van der Waals surface area contributed by atoms with E-state index in [4.69, 9.17) is 11.6 Å². The monoisotopic (exact) mass is 295 g/mol. The molecule has 4 nitrogen and oxygen atoms in total. The summed E-state index contributed by atoms with van der Waals surface area (Å²) in [7, 11) is 0. The number of hydrogen-bond donors (Lipinski definition) is 0. The second-order valence-corrected chi connectivity index (χ2v) is 5.35. The topological polar surface area (TPSA) is 47.3 Å². The van der Waals surface area contributed by atoms with Gasteiger partial charge in [-0.05, 0) is 37.3 Å². The number of benzene rings is 2. The third-order valence-electron chi connectivity index (χ3n) is 3.58. The van der Waals surface area contributed by atoms with Crippen LogP contribution in [-0.4, -0.2) is 14.4 Å². The van der Waals surface area contributed by atoms with Crippen LogP contribution in [0.3, 0.4) is 0 Å². The van der Waals surface area contributed by atoms with Crippen molar-refractivity contribution in [2.24, 2.45) is 0 Å². The molecule has 0 radical (unpaired) electrons. The highest BCUT2D eigenvalue weighted by molar-refractivity contribution is 6.31. The van der Waals surface area contributed by atoms with Gasteiger partial charge in [0.05, 0.1) is 16.4 Å². The summed E-state index contributed by atoms with van der Waals surface area (Å²) in [6.45, 7) is 1.81. The zero-order valence-electron chi connectivity index (χ0n) is 11.2. The molecule has 4 rings (SSSR count). The fourth-order valence-corrected chi connectivity index (χ4v) is 2.79. The van der Waals surface area contributed by atoms with Crippen LogP contribution in [0.1, 0.15) is 5.82 Å². The van der Waals surface area contributed by atoms with E-state index in [1.807, 2.05) is 31.2 Å². The van der Waals surface area contributed by atoms with Gasteiger partial charge in [-0.3, -0.25) is 4.79 Å². The third-order valence-corrected chi connectivity index (χ3v) is 3.82. The molecule has 5 heteroatoms. The van der Waals surface area contributed by atoms with Crippen molar-refractivity contribution < 1.29 is 0 Å². The summed E-state index contributed by atoms with van der Waals surface area (Å²) in [5, 5.41) is 1.95. The maximum absolute atomic E-state index is 12.7. The van der Waals surface area contributed by atoms with Gasteiger partial charge in [0.1, 0.15) is 5.82 Å². The van der Waals surface area contributed by atoms with E-state index < -0.39 is 0 Å². The molecule has 0 amide bonds. The van der Waals surface area contributed by atoms with Crippen LogP contribution in [0.4, 0.5) is 0 Å². The molecule has 0 spiro atoms. The maximum Gasteiger partial charge on any atom is 0.267 e. The first-order valence-electron chi connectivity index (χ1n) is 6.52. The molecule has 2 heterocycles. The molecule has 0 fully saturated rings. The molecule has 102 valence electrons. The largest absolute Gasteiger partial charge is 0.268 e. The fraction of sp³-hybridized carbons (Fsp3) is 0.0625. The van der Waals surface area contributed by atoms with Gasteiger partial charge in [0.2, 0.25) is 0 Å². The lowest BCUT2D eigenvalue weighted by Gasteiger charge is -2.09. The Hall–Kier alpha value is -2.46. The highest BCUT2D eigenvalue weighted by Gasteiger charge is 2.11. The molecule has 0 saturated heterocycles. The number of halogens is 1. The SMILES string of the molecule is Cc1nc2ccccc2c2nc3cc(Cl)ccc3c(=O)n12. The van der Waals surface area contributed by atoms with E-state index in [-0.39, 0.29) is 5.56 Å². The molecule has 0 atom stereocenters. The highest BCUT2D eigenvalue weighted by Crippen LogP contribution is 2.20. The molecule has 0 aliphatic heterocycles. The Morgan fingerprint density at radius 3 is 2.67 bits per heavy atom. The van der Waals surface area contributed by atoms with Crippen molar-refractivity contribution >= 4 is 39.1 Å². The summed E-state index contributed by atoms with van der Waals surface area (Å²) in [5.74, 6) is 0.623. The first kappa shape index (κ1) is 12.3. The van der Waals surface area contributed by atoms with Gasteiger partial charge >= 0.3 is 0 Å². The van der Waals surface area contributed by atoms with Crippen molar-refractivity contribution in [3.8, 4) is 0 Å². The molecule has 0 aliphatic carbocycles. The minimum absolute atomic E-state index is 0.123. The highest BCUT2D eigenvalue weighted by atomic mass is 35.5. The van der Waals surface area contributed by atoms with Crippen molar-refractivity contribution in [3.05, 3.63) is 63.7 Å². The lowest BCUT2D eigenvalue weighted by atomic mass is 10.2. The molecular formula is C16H10ClN3O. The predicted octanol–water partition coefficient (Wildman–Crippen LogP) is 3.36. The number of fused-ring (bicyclic) bond motifs is 4. The molecule has 0 aliphatic rings. The van der Waals surface area contributed by atoms with E-state index in [1.54, 1.807) is 22.6 Å². The van der Waals surface area contributed by atoms with Gasteiger partial charge < -0.3 is 0 Å². The zero-order valence-corrected chi connectivity index (χ0v) is 11.9. The van der Waals surface area contributed by atoms with Crippen molar-refractivity contribution in [2.45, 2.75) is 6.92 Å². The normalized spacial score (nSPS) is 11.5. The van der Waals surface area contributed by atoms with E-state index in [9.17, 15) is 4.79 Å². The van der Waals surface area contributed by atoms with Gasteiger partial charge in [0.15, 0.2) is 5.65 Å². The average molecular weight is 296 g/mol.